The zero-order valence-corrected chi connectivity index (χ0v) is 11.6. The van der Waals surface area contributed by atoms with Gasteiger partial charge in [0.05, 0.1) is 12.0 Å². The van der Waals surface area contributed by atoms with Crippen LogP contribution in [-0.2, 0) is 14.3 Å². The molecule has 0 aromatic heterocycles. The van der Waals surface area contributed by atoms with Gasteiger partial charge in [-0.3, -0.25) is 14.4 Å². The molecule has 0 unspecified atom stereocenters. The first-order valence-electron chi connectivity index (χ1n) is 6.23. The first kappa shape index (κ1) is 15.5. The quantitative estimate of drug-likeness (QED) is 0.575. The molecule has 7 heteroatoms. The zero-order valence-electron chi connectivity index (χ0n) is 10.8. The number of benzene rings is 1. The first-order chi connectivity index (χ1) is 9.97. The Morgan fingerprint density at radius 3 is 2.43 bits per heavy atom. The van der Waals surface area contributed by atoms with Crippen LogP contribution < -0.4 is 0 Å². The molecular weight excluding hydrogens is 300 g/mol. The van der Waals surface area contributed by atoms with Gasteiger partial charge in [-0.05, 0) is 24.3 Å². The molecule has 1 aliphatic rings. The molecule has 0 radical (unpaired) electrons. The number of carbonyl (C=O) groups excluding carboxylic acids is 2. The maximum Gasteiger partial charge on any atom is 0.307 e. The largest absolute Gasteiger partial charge is 0.481 e. The van der Waals surface area contributed by atoms with E-state index in [1.54, 1.807) is 0 Å². The minimum absolute atomic E-state index is 0.164. The van der Waals surface area contributed by atoms with Gasteiger partial charge in [0.15, 0.2) is 5.78 Å². The van der Waals surface area contributed by atoms with Crippen molar-refractivity contribution in [3.8, 4) is 0 Å². The van der Waals surface area contributed by atoms with Crippen LogP contribution in [0.25, 0.3) is 0 Å². The summed E-state index contributed by atoms with van der Waals surface area (Å²) in [4.78, 5) is 33.6. The molecule has 6 nitrogen and oxygen atoms in total. The number of carboxylic acids is 1. The van der Waals surface area contributed by atoms with Gasteiger partial charge in [-0.15, -0.1) is 0 Å². The van der Waals surface area contributed by atoms with Crippen molar-refractivity contribution < 1.29 is 29.3 Å². The highest BCUT2D eigenvalue weighted by Crippen LogP contribution is 2.50. The second-order valence-corrected chi connectivity index (χ2v) is 5.27. The van der Waals surface area contributed by atoms with Crippen molar-refractivity contribution in [3.63, 3.8) is 0 Å². The van der Waals surface area contributed by atoms with E-state index in [4.69, 9.17) is 16.7 Å². The number of hydrogen-bond acceptors (Lipinski definition) is 5. The van der Waals surface area contributed by atoms with E-state index in [2.05, 4.69) is 4.74 Å². The minimum Gasteiger partial charge on any atom is -0.481 e. The SMILES string of the molecule is O=COC[C@@H](O)[C@@H]1[C@H](C(=O)O)[C@H]1C(=O)c1ccc(Cl)cc1. The fourth-order valence-corrected chi connectivity index (χ4v) is 2.65. The van der Waals surface area contributed by atoms with Crippen LogP contribution in [0.5, 0.6) is 0 Å². The molecule has 0 saturated heterocycles. The number of ketones is 1. The molecule has 0 spiro atoms. The number of aliphatic carboxylic acids is 1. The van der Waals surface area contributed by atoms with Gasteiger partial charge in [-0.2, -0.15) is 0 Å². The second-order valence-electron chi connectivity index (χ2n) is 4.84. The Morgan fingerprint density at radius 1 is 1.29 bits per heavy atom. The molecule has 0 aliphatic heterocycles. The summed E-state index contributed by atoms with van der Waals surface area (Å²) in [7, 11) is 0. The number of carboxylic acid groups (broad SMARTS) is 1. The molecule has 1 aromatic carbocycles. The van der Waals surface area contributed by atoms with E-state index >= 15 is 0 Å². The summed E-state index contributed by atoms with van der Waals surface area (Å²) in [5, 5.41) is 19.4. The third kappa shape index (κ3) is 3.22. The van der Waals surface area contributed by atoms with Crippen LogP contribution in [0.15, 0.2) is 24.3 Å². The lowest BCUT2D eigenvalue weighted by molar-refractivity contribution is -0.139. The number of Topliss-reactive ketones (excluding diaryl/α,β-unsaturated/α-hetero) is 1. The normalized spacial score (nSPS) is 25.0. The van der Waals surface area contributed by atoms with Crippen molar-refractivity contribution in [1.82, 2.24) is 0 Å². The van der Waals surface area contributed by atoms with E-state index in [0.29, 0.717) is 10.6 Å². The summed E-state index contributed by atoms with van der Waals surface area (Å²) in [5.74, 6) is -4.08. The van der Waals surface area contributed by atoms with E-state index in [0.717, 1.165) is 0 Å². The molecule has 4 atom stereocenters. The topological polar surface area (TPSA) is 101 Å². The van der Waals surface area contributed by atoms with Crippen molar-refractivity contribution >= 4 is 29.8 Å². The van der Waals surface area contributed by atoms with E-state index in [1.807, 2.05) is 0 Å². The lowest BCUT2D eigenvalue weighted by Gasteiger charge is -2.08. The predicted octanol–water partition coefficient (Wildman–Crippen LogP) is 1.00. The summed E-state index contributed by atoms with van der Waals surface area (Å²) in [6.45, 7) is -0.167. The van der Waals surface area contributed by atoms with Gasteiger partial charge < -0.3 is 14.9 Å². The minimum atomic E-state index is -1.18. The molecule has 21 heavy (non-hydrogen) atoms. The molecular formula is C14H13ClO6. The molecule has 1 fully saturated rings. The van der Waals surface area contributed by atoms with Crippen LogP contribution in [0.1, 0.15) is 10.4 Å². The van der Waals surface area contributed by atoms with Crippen LogP contribution in [-0.4, -0.2) is 41.1 Å². The highest BCUT2D eigenvalue weighted by atomic mass is 35.5. The molecule has 1 saturated carbocycles. The van der Waals surface area contributed by atoms with Crippen molar-refractivity contribution in [2.45, 2.75) is 6.10 Å². The van der Waals surface area contributed by atoms with Gasteiger partial charge >= 0.3 is 5.97 Å². The number of hydrogen-bond donors (Lipinski definition) is 2. The van der Waals surface area contributed by atoms with Crippen LogP contribution in [0.2, 0.25) is 5.02 Å². The van der Waals surface area contributed by atoms with Crippen molar-refractivity contribution in [3.05, 3.63) is 34.9 Å². The van der Waals surface area contributed by atoms with E-state index in [1.165, 1.54) is 24.3 Å². The highest BCUT2D eigenvalue weighted by Gasteiger charge is 2.62. The Bertz CT molecular complexity index is 555. The lowest BCUT2D eigenvalue weighted by Crippen LogP contribution is -2.21. The highest BCUT2D eigenvalue weighted by molar-refractivity contribution is 6.30. The number of ether oxygens (including phenoxy) is 1. The third-order valence-electron chi connectivity index (χ3n) is 3.57. The summed E-state index contributed by atoms with van der Waals surface area (Å²) in [5.41, 5.74) is 0.335. The van der Waals surface area contributed by atoms with Crippen LogP contribution >= 0.6 is 11.6 Å². The Labute approximate surface area is 125 Å². The second kappa shape index (κ2) is 6.24. The van der Waals surface area contributed by atoms with E-state index in [9.17, 15) is 19.5 Å². The molecule has 0 amide bonds. The Kier molecular flexibility index (Phi) is 4.59. The fraction of sp³-hybridized carbons (Fsp3) is 0.357. The Hall–Kier alpha value is -1.92. The summed E-state index contributed by atoms with van der Waals surface area (Å²) in [6.07, 6.45) is -1.18. The predicted molar refractivity (Wildman–Crippen MR) is 71.9 cm³/mol. The lowest BCUT2D eigenvalue weighted by atomic mass is 10.0. The summed E-state index contributed by atoms with van der Waals surface area (Å²) >= 11 is 5.73. The molecule has 0 bridgehead atoms. The molecule has 1 aromatic rings. The Balaban J connectivity index is 2.13. The van der Waals surface area contributed by atoms with Crippen molar-refractivity contribution in [2.24, 2.45) is 17.8 Å². The standard InChI is InChI=1S/C14H13ClO6/c15-8-3-1-7(2-4-8)13(18)11-10(12(11)14(19)20)9(17)5-21-6-16/h1-4,6,9-12,17H,5H2,(H,19,20)/t9-,10+,11+,12+/m1/s1. The average Bonchev–Trinajstić information content (AvgIpc) is 3.20. The first-order valence-corrected chi connectivity index (χ1v) is 6.61. The maximum absolute atomic E-state index is 12.3. The summed E-state index contributed by atoms with van der Waals surface area (Å²) < 4.78 is 4.42. The van der Waals surface area contributed by atoms with Crippen LogP contribution in [0.4, 0.5) is 0 Å². The maximum atomic E-state index is 12.3. The number of carbonyl (C=O) groups is 3. The molecule has 112 valence electrons. The molecule has 1 aliphatic carbocycles. The van der Waals surface area contributed by atoms with E-state index < -0.39 is 29.8 Å². The van der Waals surface area contributed by atoms with Gasteiger partial charge in [-0.1, -0.05) is 11.6 Å². The fourth-order valence-electron chi connectivity index (χ4n) is 2.52. The van der Waals surface area contributed by atoms with Crippen molar-refractivity contribution in [1.29, 1.82) is 0 Å². The van der Waals surface area contributed by atoms with Gasteiger partial charge in [0.2, 0.25) is 0 Å². The Morgan fingerprint density at radius 2 is 1.90 bits per heavy atom. The van der Waals surface area contributed by atoms with Gasteiger partial charge in [0, 0.05) is 22.4 Å². The molecule has 2 N–H and O–H groups in total. The van der Waals surface area contributed by atoms with Gasteiger partial charge in [0.1, 0.15) is 6.61 Å². The third-order valence-corrected chi connectivity index (χ3v) is 3.82. The zero-order chi connectivity index (χ0) is 15.6. The van der Waals surface area contributed by atoms with Gasteiger partial charge in [0.25, 0.3) is 6.47 Å². The summed E-state index contributed by atoms with van der Waals surface area (Å²) in [6, 6.07) is 6.09. The smallest absolute Gasteiger partial charge is 0.307 e. The van der Waals surface area contributed by atoms with Crippen molar-refractivity contribution in [2.75, 3.05) is 6.61 Å². The van der Waals surface area contributed by atoms with Gasteiger partial charge in [-0.25, -0.2) is 0 Å². The van der Waals surface area contributed by atoms with E-state index in [-0.39, 0.29) is 18.9 Å². The van der Waals surface area contributed by atoms with Crippen LogP contribution in [0.3, 0.4) is 0 Å². The number of aliphatic hydroxyl groups excluding tert-OH is 1. The number of aliphatic hydroxyl groups is 1. The number of rotatable bonds is 7. The monoisotopic (exact) mass is 312 g/mol. The molecule has 0 heterocycles. The average molecular weight is 313 g/mol. The molecule has 2 rings (SSSR count). The number of halogens is 1. The van der Waals surface area contributed by atoms with Crippen LogP contribution in [0, 0.1) is 17.8 Å².